The summed E-state index contributed by atoms with van der Waals surface area (Å²) in [6, 6.07) is 44.8. The van der Waals surface area contributed by atoms with E-state index in [1.807, 2.05) is 109 Å². The number of carbonyl (C=O) groups is 1. The molecule has 1 spiro atoms. The summed E-state index contributed by atoms with van der Waals surface area (Å²) in [6.07, 6.45) is 20.4. The number of nitriles is 3. The van der Waals surface area contributed by atoms with Gasteiger partial charge in [-0.2, -0.15) is 20.9 Å². The number of aromatic amines is 2. The number of nitrogens with zero attached hydrogens (tertiary/aromatic N) is 7. The van der Waals surface area contributed by atoms with Crippen LogP contribution in [0.3, 0.4) is 0 Å². The molecule has 0 saturated carbocycles. The van der Waals surface area contributed by atoms with E-state index < -0.39 is 5.79 Å². The first kappa shape index (κ1) is 63.6. The lowest BCUT2D eigenvalue weighted by atomic mass is 9.89. The molecule has 8 heterocycles. The van der Waals surface area contributed by atoms with Crippen molar-refractivity contribution in [3.05, 3.63) is 185 Å². The van der Waals surface area contributed by atoms with Crippen LogP contribution in [0.2, 0.25) is 0 Å². The molecule has 2 aliphatic carbocycles. The van der Waals surface area contributed by atoms with Crippen molar-refractivity contribution in [1.82, 2.24) is 29.6 Å². The first-order chi connectivity index (χ1) is 46.5. The predicted molar refractivity (Wildman–Crippen MR) is 363 cm³/mol. The van der Waals surface area contributed by atoms with Crippen molar-refractivity contribution >= 4 is 39.9 Å². The molecule has 18 heteroatoms. The number of amides is 1. The lowest BCUT2D eigenvalue weighted by Gasteiger charge is -2.31. The number of ether oxygens (including phenoxy) is 8. The van der Waals surface area contributed by atoms with Crippen molar-refractivity contribution in [3.8, 4) is 80.2 Å². The van der Waals surface area contributed by atoms with Crippen LogP contribution >= 0.6 is 0 Å². The zero-order valence-corrected chi connectivity index (χ0v) is 53.7. The summed E-state index contributed by atoms with van der Waals surface area (Å²) in [5.41, 5.74) is 17.6. The topological polar surface area (TPSA) is 228 Å². The molecule has 0 atom stereocenters. The molecule has 482 valence electrons. The Morgan fingerprint density at radius 1 is 0.621 bits per heavy atom. The standard InChI is InChI=1S/C28H28N2O4.C25H25N3O3.C24H22N4O2/c29-18-22-15-20(1-2-27(22)34-23-6-11-31-12-7-23)24-5-10-30-26-17-21(16-25(24)26)19-3-8-28(9-4-19)32-13-14-33-28;1-28(2)25(29)9-7-19-15-22-21(4-3-5-23(22)27-19)17-6-8-24(18(14-17)16-26)31-20-10-12-30-13-11-20;1-28-23(7-10-26-28)22-14-20-19(3-2-4-21(20)27-22)16-5-6-24(17(13-16)15-25)30-18-8-11-29-12-9-18/h1-3,5,10,15-16,23H,4,6-9,11-14,17H2;3-9,14-15,20,27H,10-13H2,1-2H3;2-7,10,13-14,18,27H,8-9,11-12H2,1H3/b;9-7+;. The molecule has 4 saturated heterocycles. The van der Waals surface area contributed by atoms with Gasteiger partial charge in [0.2, 0.25) is 5.91 Å². The highest BCUT2D eigenvalue weighted by molar-refractivity contribution is 5.99. The molecular weight excluding hydrogens is 1190 g/mol. The molecule has 5 aromatic carbocycles. The Morgan fingerprint density at radius 3 is 1.64 bits per heavy atom. The number of hydrogen-bond donors (Lipinski definition) is 2. The minimum absolute atomic E-state index is 0.0716. The molecule has 6 aliphatic rings. The second-order valence-corrected chi connectivity index (χ2v) is 24.7. The summed E-state index contributed by atoms with van der Waals surface area (Å²) >= 11 is 0. The van der Waals surface area contributed by atoms with E-state index in [-0.39, 0.29) is 24.2 Å². The number of benzene rings is 5. The molecule has 4 fully saturated rings. The van der Waals surface area contributed by atoms with E-state index in [4.69, 9.17) is 37.9 Å². The molecular formula is C77H75N9O9. The second-order valence-electron chi connectivity index (χ2n) is 24.7. The Morgan fingerprint density at radius 2 is 1.15 bits per heavy atom. The number of carbonyl (C=O) groups excluding carboxylic acids is 1. The zero-order chi connectivity index (χ0) is 65.3. The van der Waals surface area contributed by atoms with Crippen LogP contribution in [0.15, 0.2) is 151 Å². The molecule has 4 aromatic heterocycles. The number of allylic oxidation sites excluding steroid dienone is 2. The zero-order valence-electron chi connectivity index (χ0n) is 53.7. The largest absolute Gasteiger partial charge is 0.489 e. The fourth-order valence-electron chi connectivity index (χ4n) is 13.1. The Labute approximate surface area is 552 Å². The van der Waals surface area contributed by atoms with E-state index in [0.717, 1.165) is 148 Å². The molecule has 9 aromatic rings. The van der Waals surface area contributed by atoms with Crippen molar-refractivity contribution in [2.24, 2.45) is 7.05 Å². The maximum absolute atomic E-state index is 11.8. The van der Waals surface area contributed by atoms with Gasteiger partial charge in [-0.3, -0.25) is 14.5 Å². The van der Waals surface area contributed by atoms with Gasteiger partial charge in [0.15, 0.2) is 5.79 Å². The smallest absolute Gasteiger partial charge is 0.246 e. The van der Waals surface area contributed by atoms with Gasteiger partial charge in [-0.05, 0) is 136 Å². The fourth-order valence-corrected chi connectivity index (χ4v) is 13.1. The normalized spacial score (nSPS) is 17.1. The van der Waals surface area contributed by atoms with Gasteiger partial charge in [0.1, 0.15) is 53.8 Å². The molecule has 1 amide bonds. The summed E-state index contributed by atoms with van der Waals surface area (Å²) < 4.78 is 48.1. The molecule has 2 N–H and O–H groups in total. The maximum atomic E-state index is 11.8. The quantitative estimate of drug-likeness (QED) is 0.102. The number of rotatable bonds is 13. The number of pyridine rings is 1. The van der Waals surface area contributed by atoms with Crippen LogP contribution in [0.1, 0.15) is 91.4 Å². The molecule has 95 heavy (non-hydrogen) atoms. The van der Waals surface area contributed by atoms with Crippen LogP contribution in [-0.4, -0.2) is 127 Å². The third-order valence-electron chi connectivity index (χ3n) is 18.3. The number of aryl methyl sites for hydroxylation is 1. The average molecular weight is 1270 g/mol. The number of aromatic nitrogens is 5. The third-order valence-corrected chi connectivity index (χ3v) is 18.3. The van der Waals surface area contributed by atoms with Crippen molar-refractivity contribution in [3.63, 3.8) is 0 Å². The minimum atomic E-state index is -0.402. The maximum Gasteiger partial charge on any atom is 0.246 e. The van der Waals surface area contributed by atoms with E-state index in [1.165, 1.54) is 16.0 Å². The van der Waals surface area contributed by atoms with E-state index >= 15 is 0 Å². The summed E-state index contributed by atoms with van der Waals surface area (Å²) in [7, 11) is 5.37. The fraction of sp³-hybridized carbons (Fsp3) is 0.325. The van der Waals surface area contributed by atoms with E-state index in [1.54, 1.807) is 32.4 Å². The van der Waals surface area contributed by atoms with E-state index in [2.05, 4.69) is 74.7 Å². The van der Waals surface area contributed by atoms with Gasteiger partial charge in [-0.1, -0.05) is 48.5 Å². The van der Waals surface area contributed by atoms with Crippen LogP contribution in [0.25, 0.3) is 78.7 Å². The Balaban J connectivity index is 0.000000129. The highest BCUT2D eigenvalue weighted by Gasteiger charge is 2.38. The van der Waals surface area contributed by atoms with Gasteiger partial charge in [-0.25, -0.2) is 0 Å². The second kappa shape index (κ2) is 29.0. The highest BCUT2D eigenvalue weighted by Crippen LogP contribution is 2.43. The van der Waals surface area contributed by atoms with Crippen molar-refractivity contribution in [2.75, 3.05) is 67.0 Å². The molecule has 0 bridgehead atoms. The molecule has 4 aliphatic heterocycles. The molecule has 15 rings (SSSR count). The monoisotopic (exact) mass is 1270 g/mol. The van der Waals surface area contributed by atoms with Gasteiger partial charge in [0, 0.05) is 130 Å². The number of nitrogens with one attached hydrogen (secondary N) is 2. The van der Waals surface area contributed by atoms with Crippen LogP contribution in [0.4, 0.5) is 0 Å². The van der Waals surface area contributed by atoms with E-state index in [9.17, 15) is 20.6 Å². The van der Waals surface area contributed by atoms with Crippen LogP contribution in [0, 0.1) is 34.0 Å². The van der Waals surface area contributed by atoms with Gasteiger partial charge in [0.05, 0.1) is 86.6 Å². The lowest BCUT2D eigenvalue weighted by molar-refractivity contribution is -0.161. The molecule has 0 unspecified atom stereocenters. The summed E-state index contributed by atoms with van der Waals surface area (Å²) in [4.78, 5) is 24.9. The minimum Gasteiger partial charge on any atom is -0.489 e. The van der Waals surface area contributed by atoms with Gasteiger partial charge in [0.25, 0.3) is 0 Å². The number of likely N-dealkylation sites (N-methyl/N-ethyl adjacent to an activating group) is 1. The first-order valence-corrected chi connectivity index (χ1v) is 32.6. The summed E-state index contributed by atoms with van der Waals surface area (Å²) in [6.45, 7) is 5.59. The van der Waals surface area contributed by atoms with Crippen molar-refractivity contribution in [2.45, 2.75) is 88.3 Å². The third kappa shape index (κ3) is 14.5. The van der Waals surface area contributed by atoms with Gasteiger partial charge >= 0.3 is 0 Å². The number of hydrogen-bond acceptors (Lipinski definition) is 14. The molecule has 0 radical (unpaired) electrons. The number of H-pyrrole nitrogens is 2. The van der Waals surface area contributed by atoms with Crippen molar-refractivity contribution in [1.29, 1.82) is 15.8 Å². The molecule has 18 nitrogen and oxygen atoms in total. The van der Waals surface area contributed by atoms with Crippen molar-refractivity contribution < 1.29 is 42.7 Å². The highest BCUT2D eigenvalue weighted by atomic mass is 16.7. The van der Waals surface area contributed by atoms with E-state index in [0.29, 0.717) is 86.8 Å². The van der Waals surface area contributed by atoms with Crippen LogP contribution in [0.5, 0.6) is 17.2 Å². The Kier molecular flexibility index (Phi) is 19.5. The summed E-state index contributed by atoms with van der Waals surface area (Å²) in [5.74, 6) is 1.44. The Hall–Kier alpha value is -10.1. The lowest BCUT2D eigenvalue weighted by Crippen LogP contribution is -2.31. The SMILES string of the molecule is CN(C)C(=O)/C=C/c1cc2c(-c3ccc(OC4CCOCC4)c(C#N)c3)cccc2[nH]1.Cn1nccc1-c1cc2c(-c3ccc(OC4CCOCC4)c(C#N)c3)cccc2[nH]1.N#Cc1cc(-c2ccnc3c2C=C(C2=CCC4(CC2)OCCO4)C3)ccc1OC1CCOCC1. The Bertz CT molecular complexity index is 4510. The van der Waals surface area contributed by atoms with Crippen LogP contribution < -0.4 is 14.2 Å². The first-order valence-electron chi connectivity index (χ1n) is 32.6. The predicted octanol–water partition coefficient (Wildman–Crippen LogP) is 14.0. The van der Waals surface area contributed by atoms with Gasteiger partial charge in [-0.15, -0.1) is 0 Å². The summed E-state index contributed by atoms with van der Waals surface area (Å²) in [5, 5.41) is 35.6. The van der Waals surface area contributed by atoms with Crippen LogP contribution in [-0.2, 0) is 41.9 Å². The average Bonchev–Trinajstić information content (AvgIpc) is 1.73. The number of fused-ring (bicyclic) bond motifs is 3. The van der Waals surface area contributed by atoms with Gasteiger partial charge < -0.3 is 52.8 Å².